The van der Waals surface area contributed by atoms with E-state index in [2.05, 4.69) is 19.8 Å². The molecule has 1 unspecified atom stereocenters. The highest BCUT2D eigenvalue weighted by molar-refractivity contribution is 5.29. The summed E-state index contributed by atoms with van der Waals surface area (Å²) >= 11 is 0. The van der Waals surface area contributed by atoms with Gasteiger partial charge in [0.15, 0.2) is 0 Å². The number of hydrogen-bond donors (Lipinski definition) is 0. The third kappa shape index (κ3) is 3.40. The molecule has 104 valence electrons. The Balaban J connectivity index is 1.46. The second-order valence-electron chi connectivity index (χ2n) is 4.90. The second-order valence-corrected chi connectivity index (χ2v) is 4.90. The van der Waals surface area contributed by atoms with Gasteiger partial charge in [-0.3, -0.25) is 4.90 Å². The summed E-state index contributed by atoms with van der Waals surface area (Å²) in [7, 11) is 0. The quantitative estimate of drug-likeness (QED) is 0.767. The van der Waals surface area contributed by atoms with Gasteiger partial charge in [-0.1, -0.05) is 0 Å². The van der Waals surface area contributed by atoms with Crippen molar-refractivity contribution in [2.45, 2.75) is 6.10 Å². The van der Waals surface area contributed by atoms with Gasteiger partial charge in [-0.15, -0.1) is 0 Å². The maximum absolute atomic E-state index is 5.69. The molecule has 0 bridgehead atoms. The van der Waals surface area contributed by atoms with Crippen LogP contribution in [0.1, 0.15) is 0 Å². The molecule has 0 saturated carbocycles. The van der Waals surface area contributed by atoms with Crippen LogP contribution in [-0.4, -0.2) is 73.5 Å². The lowest BCUT2D eigenvalue weighted by Gasteiger charge is -2.36. The zero-order valence-corrected chi connectivity index (χ0v) is 11.1. The lowest BCUT2D eigenvalue weighted by molar-refractivity contribution is -0.0977. The van der Waals surface area contributed by atoms with Gasteiger partial charge in [0, 0.05) is 45.1 Å². The lowest BCUT2D eigenvalue weighted by atomic mass is 10.2. The molecule has 0 radical (unpaired) electrons. The Labute approximate surface area is 113 Å². The average molecular weight is 264 g/mol. The van der Waals surface area contributed by atoms with Gasteiger partial charge in [0.2, 0.25) is 5.95 Å². The number of aromatic nitrogens is 2. The van der Waals surface area contributed by atoms with Crippen molar-refractivity contribution in [2.24, 2.45) is 0 Å². The standard InChI is InChI=1S/C13H20N4O2/c1-2-14-13(15-3-1)17-6-4-16(5-7-17)10-12-11-18-8-9-19-12/h1-3,12H,4-11H2. The lowest BCUT2D eigenvalue weighted by Crippen LogP contribution is -2.50. The highest BCUT2D eigenvalue weighted by Gasteiger charge is 2.23. The molecule has 3 rings (SSSR count). The minimum Gasteiger partial charge on any atom is -0.376 e. The van der Waals surface area contributed by atoms with Crippen molar-refractivity contribution in [2.75, 3.05) is 57.4 Å². The molecule has 0 aliphatic carbocycles. The molecule has 2 saturated heterocycles. The van der Waals surface area contributed by atoms with Crippen LogP contribution >= 0.6 is 0 Å². The van der Waals surface area contributed by atoms with Crippen LogP contribution in [0.5, 0.6) is 0 Å². The predicted molar refractivity (Wildman–Crippen MR) is 71.2 cm³/mol. The van der Waals surface area contributed by atoms with E-state index >= 15 is 0 Å². The van der Waals surface area contributed by atoms with E-state index in [1.807, 2.05) is 6.07 Å². The van der Waals surface area contributed by atoms with Crippen LogP contribution in [0.4, 0.5) is 5.95 Å². The largest absolute Gasteiger partial charge is 0.376 e. The van der Waals surface area contributed by atoms with Crippen LogP contribution < -0.4 is 4.90 Å². The highest BCUT2D eigenvalue weighted by atomic mass is 16.6. The van der Waals surface area contributed by atoms with Crippen LogP contribution in [0.15, 0.2) is 18.5 Å². The Kier molecular flexibility index (Phi) is 4.22. The van der Waals surface area contributed by atoms with Crippen LogP contribution in [0.25, 0.3) is 0 Å². The molecule has 2 aliphatic rings. The number of hydrogen-bond acceptors (Lipinski definition) is 6. The first-order chi connectivity index (χ1) is 9.42. The molecule has 0 amide bonds. The van der Waals surface area contributed by atoms with Crippen molar-refractivity contribution < 1.29 is 9.47 Å². The Bertz CT molecular complexity index is 375. The first kappa shape index (κ1) is 12.8. The van der Waals surface area contributed by atoms with Crippen molar-refractivity contribution >= 4 is 5.95 Å². The minimum absolute atomic E-state index is 0.230. The summed E-state index contributed by atoms with van der Waals surface area (Å²) < 4.78 is 11.1. The zero-order chi connectivity index (χ0) is 12.9. The van der Waals surface area contributed by atoms with E-state index in [-0.39, 0.29) is 6.10 Å². The fraction of sp³-hybridized carbons (Fsp3) is 0.692. The molecule has 1 aromatic heterocycles. The molecular formula is C13H20N4O2. The molecule has 2 fully saturated rings. The maximum Gasteiger partial charge on any atom is 0.225 e. The van der Waals surface area contributed by atoms with Gasteiger partial charge >= 0.3 is 0 Å². The van der Waals surface area contributed by atoms with Gasteiger partial charge in [0.25, 0.3) is 0 Å². The molecule has 1 aromatic rings. The Morgan fingerprint density at radius 2 is 1.89 bits per heavy atom. The van der Waals surface area contributed by atoms with Gasteiger partial charge in [0.05, 0.1) is 25.9 Å². The average Bonchev–Trinajstić information content (AvgIpc) is 2.50. The Hall–Kier alpha value is -1.24. The molecular weight excluding hydrogens is 244 g/mol. The maximum atomic E-state index is 5.69. The van der Waals surface area contributed by atoms with Crippen LogP contribution in [0.3, 0.4) is 0 Å². The highest BCUT2D eigenvalue weighted by Crippen LogP contribution is 2.11. The Morgan fingerprint density at radius 3 is 2.58 bits per heavy atom. The van der Waals surface area contributed by atoms with Crippen LogP contribution in [0, 0.1) is 0 Å². The summed E-state index contributed by atoms with van der Waals surface area (Å²) in [6, 6.07) is 1.85. The van der Waals surface area contributed by atoms with E-state index in [9.17, 15) is 0 Å². The third-order valence-corrected chi connectivity index (χ3v) is 3.55. The molecule has 0 aromatic carbocycles. The summed E-state index contributed by atoms with van der Waals surface area (Å²) in [4.78, 5) is 13.2. The number of piperazine rings is 1. The summed E-state index contributed by atoms with van der Waals surface area (Å²) in [6.07, 6.45) is 3.82. The first-order valence-corrected chi connectivity index (χ1v) is 6.85. The fourth-order valence-corrected chi connectivity index (χ4v) is 2.51. The van der Waals surface area contributed by atoms with E-state index in [0.717, 1.165) is 58.5 Å². The molecule has 2 aliphatic heterocycles. The van der Waals surface area contributed by atoms with Gasteiger partial charge in [-0.05, 0) is 6.07 Å². The summed E-state index contributed by atoms with van der Waals surface area (Å²) in [5, 5.41) is 0. The smallest absolute Gasteiger partial charge is 0.225 e. The molecule has 0 N–H and O–H groups in total. The van der Waals surface area contributed by atoms with Gasteiger partial charge < -0.3 is 14.4 Å². The molecule has 3 heterocycles. The first-order valence-electron chi connectivity index (χ1n) is 6.85. The topological polar surface area (TPSA) is 50.7 Å². The molecule has 1 atom stereocenters. The molecule has 6 nitrogen and oxygen atoms in total. The monoisotopic (exact) mass is 264 g/mol. The molecule has 0 spiro atoms. The summed E-state index contributed by atoms with van der Waals surface area (Å²) in [5.74, 6) is 0.833. The van der Waals surface area contributed by atoms with Crippen LogP contribution in [0.2, 0.25) is 0 Å². The predicted octanol–water partition coefficient (Wildman–Crippen LogP) is 0.0140. The second kappa shape index (κ2) is 6.27. The van der Waals surface area contributed by atoms with Crippen molar-refractivity contribution in [3.05, 3.63) is 18.5 Å². The summed E-state index contributed by atoms with van der Waals surface area (Å²) in [5.41, 5.74) is 0. The number of nitrogens with zero attached hydrogens (tertiary/aromatic N) is 4. The van der Waals surface area contributed by atoms with Gasteiger partial charge in [-0.25, -0.2) is 9.97 Å². The fourth-order valence-electron chi connectivity index (χ4n) is 2.51. The number of ether oxygens (including phenoxy) is 2. The van der Waals surface area contributed by atoms with E-state index in [1.165, 1.54) is 0 Å². The van der Waals surface area contributed by atoms with Crippen molar-refractivity contribution in [1.82, 2.24) is 14.9 Å². The van der Waals surface area contributed by atoms with E-state index < -0.39 is 0 Å². The third-order valence-electron chi connectivity index (χ3n) is 3.55. The van der Waals surface area contributed by atoms with E-state index in [4.69, 9.17) is 9.47 Å². The SMILES string of the molecule is c1cnc(N2CCN(CC3COCCO3)CC2)nc1. The van der Waals surface area contributed by atoms with E-state index in [0.29, 0.717) is 0 Å². The molecule has 6 heteroatoms. The number of anilines is 1. The van der Waals surface area contributed by atoms with Crippen molar-refractivity contribution in [1.29, 1.82) is 0 Å². The van der Waals surface area contributed by atoms with E-state index in [1.54, 1.807) is 12.4 Å². The van der Waals surface area contributed by atoms with Gasteiger partial charge in [0.1, 0.15) is 0 Å². The minimum atomic E-state index is 0.230. The van der Waals surface area contributed by atoms with Crippen molar-refractivity contribution in [3.8, 4) is 0 Å². The van der Waals surface area contributed by atoms with Crippen molar-refractivity contribution in [3.63, 3.8) is 0 Å². The van der Waals surface area contributed by atoms with Gasteiger partial charge in [-0.2, -0.15) is 0 Å². The zero-order valence-electron chi connectivity index (χ0n) is 11.1. The Morgan fingerprint density at radius 1 is 1.11 bits per heavy atom. The summed E-state index contributed by atoms with van der Waals surface area (Å²) in [6.45, 7) is 7.13. The number of rotatable bonds is 3. The molecule has 19 heavy (non-hydrogen) atoms. The normalized spacial score (nSPS) is 25.5. The van der Waals surface area contributed by atoms with Crippen LogP contribution in [-0.2, 0) is 9.47 Å².